The lowest BCUT2D eigenvalue weighted by atomic mass is 9.74. The first-order chi connectivity index (χ1) is 28.8. The smallest absolute Gasteiger partial charge is 0.320 e. The summed E-state index contributed by atoms with van der Waals surface area (Å²) < 4.78 is 102. The molecule has 0 radical (unpaired) electrons. The standard InChI is InChI=1S/2C20H24N2O4S2.H2O3S2/c2*1-3-13-12-22-9-7-14(13)10-19(22)20(27-28(23,24)25)16-6-8-21-18-5-4-15(26-2)11-17(16)18;1-5(2,3)4/h2*3-6,8,11,13-14,19-20H,1,7,9-10,12H2,2H3,(H,23,24,25);(H2,1,2,3,4)/t2*13-,14-,19-,20-;/m00./s1. The van der Waals surface area contributed by atoms with Gasteiger partial charge in [-0.25, -0.2) is 0 Å². The van der Waals surface area contributed by atoms with Crippen LogP contribution in [0, 0.1) is 23.7 Å². The molecule has 10 rings (SSSR count). The molecule has 61 heavy (non-hydrogen) atoms. The van der Waals surface area contributed by atoms with Gasteiger partial charge < -0.3 is 9.47 Å². The molecule has 0 spiro atoms. The topological polar surface area (TPSA) is 217 Å². The maximum absolute atomic E-state index is 11.9. The van der Waals surface area contributed by atoms with Crippen LogP contribution in [0.3, 0.4) is 0 Å². The van der Waals surface area contributed by atoms with Crippen molar-refractivity contribution in [1.29, 1.82) is 0 Å². The Kier molecular flexibility index (Phi) is 15.5. The first-order valence-corrected chi connectivity index (χ1v) is 27.5. The number of benzene rings is 2. The summed E-state index contributed by atoms with van der Waals surface area (Å²) >= 11 is 3.47. The third kappa shape index (κ3) is 12.2. The van der Waals surface area contributed by atoms with Crippen LogP contribution >= 0.6 is 21.6 Å². The van der Waals surface area contributed by atoms with E-state index in [1.807, 2.05) is 60.7 Å². The average molecular weight is 955 g/mol. The van der Waals surface area contributed by atoms with Crippen molar-refractivity contribution in [1.82, 2.24) is 19.8 Å². The quantitative estimate of drug-likeness (QED) is 0.0632. The van der Waals surface area contributed by atoms with E-state index in [9.17, 15) is 25.9 Å². The van der Waals surface area contributed by atoms with Crippen molar-refractivity contribution >= 4 is 81.9 Å². The second-order valence-corrected chi connectivity index (χ2v) is 24.4. The zero-order chi connectivity index (χ0) is 44.3. The molecule has 6 fully saturated rings. The highest BCUT2D eigenvalue weighted by atomic mass is 33.2. The number of aromatic nitrogens is 2. The number of ether oxygens (including phenoxy) is 2. The van der Waals surface area contributed by atoms with E-state index in [-0.39, 0.29) is 12.1 Å². The second kappa shape index (κ2) is 19.9. The summed E-state index contributed by atoms with van der Waals surface area (Å²) in [5.41, 5.74) is 3.27. The number of hydrogen-bond acceptors (Lipinski definition) is 14. The van der Waals surface area contributed by atoms with Gasteiger partial charge in [0.25, 0.3) is 9.05 Å². The Balaban J connectivity index is 0.000000184. The van der Waals surface area contributed by atoms with Crippen molar-refractivity contribution in [2.24, 2.45) is 23.7 Å². The largest absolute Gasteiger partial charge is 0.497 e. The van der Waals surface area contributed by atoms with Crippen molar-refractivity contribution in [3.63, 3.8) is 0 Å². The molecule has 0 aliphatic carbocycles. The third-order valence-electron chi connectivity index (χ3n) is 12.0. The zero-order valence-electron chi connectivity index (χ0n) is 33.5. The van der Waals surface area contributed by atoms with Crippen molar-refractivity contribution in [2.45, 2.75) is 48.3 Å². The fourth-order valence-electron chi connectivity index (χ4n) is 9.34. The van der Waals surface area contributed by atoms with E-state index in [0.717, 1.165) is 84.8 Å². The molecule has 6 saturated heterocycles. The van der Waals surface area contributed by atoms with Crippen LogP contribution < -0.4 is 9.47 Å². The lowest BCUT2D eigenvalue weighted by molar-refractivity contribution is 0.0184. The van der Waals surface area contributed by atoms with Crippen LogP contribution in [0.5, 0.6) is 11.5 Å². The molecule has 2 aromatic heterocycles. The SMILES string of the molecule is C=C[C@H]1CN2CC[C@H]1C[C@H]2[C@@H](SS(=O)(=O)O)c1ccnc2ccc(OC)cc12.C=C[C@H]1CN2CC[C@H]1C[C@H]2[C@@H](SS(=O)(=O)O)c1ccnc2ccc(OC)cc12.O=S(O)(O)=S. The predicted molar refractivity (Wildman–Crippen MR) is 245 cm³/mol. The fraction of sp³-hybridized carbons (Fsp3) is 0.450. The number of methoxy groups -OCH3 is 2. The maximum atomic E-state index is 11.9. The molecule has 0 amide bonds. The molecule has 332 valence electrons. The molecule has 8 heterocycles. The van der Waals surface area contributed by atoms with E-state index in [1.54, 1.807) is 26.6 Å². The highest BCUT2D eigenvalue weighted by Crippen LogP contribution is 2.50. The maximum Gasteiger partial charge on any atom is 0.320 e. The van der Waals surface area contributed by atoms with Gasteiger partial charge in [-0.1, -0.05) is 12.2 Å². The van der Waals surface area contributed by atoms with E-state index in [4.69, 9.17) is 22.8 Å². The normalized spacial score (nSPS) is 26.9. The summed E-state index contributed by atoms with van der Waals surface area (Å²) in [6.45, 7) is 11.6. The minimum absolute atomic E-state index is 0.0266. The van der Waals surface area contributed by atoms with Gasteiger partial charge in [-0.05, 0) is 122 Å². The Bertz CT molecular complexity index is 2400. The minimum atomic E-state index is -4.22. The Morgan fingerprint density at radius 2 is 1.08 bits per heavy atom. The minimum Gasteiger partial charge on any atom is -0.497 e. The van der Waals surface area contributed by atoms with E-state index in [2.05, 4.69) is 44.1 Å². The number of hydrogen-bond donors (Lipinski definition) is 4. The number of fused-ring (bicyclic) bond motifs is 8. The highest BCUT2D eigenvalue weighted by molar-refractivity contribution is 8.70. The Morgan fingerprint density at radius 3 is 1.38 bits per heavy atom. The number of piperidine rings is 6. The molecule has 10 atom stereocenters. The first-order valence-electron chi connectivity index (χ1n) is 19.4. The lowest BCUT2D eigenvalue weighted by Gasteiger charge is -2.51. The Morgan fingerprint density at radius 1 is 0.705 bits per heavy atom. The number of rotatable bonds is 12. The summed E-state index contributed by atoms with van der Waals surface area (Å²) in [5, 5.41) is 0.874. The van der Waals surface area contributed by atoms with Crippen LogP contribution in [-0.4, -0.2) is 112 Å². The molecule has 21 heteroatoms. The molecular formula is C40H50N4O11S6. The van der Waals surface area contributed by atoms with Gasteiger partial charge in [0.2, 0.25) is 0 Å². The van der Waals surface area contributed by atoms with Crippen LogP contribution in [0.1, 0.15) is 47.3 Å². The molecule has 15 nitrogen and oxygen atoms in total. The van der Waals surface area contributed by atoms with Gasteiger partial charge in [0.1, 0.15) is 11.5 Å². The fourth-order valence-corrected chi connectivity index (χ4v) is 14.3. The summed E-state index contributed by atoms with van der Waals surface area (Å²) in [6.07, 6.45) is 11.4. The monoisotopic (exact) mass is 954 g/mol. The zero-order valence-corrected chi connectivity index (χ0v) is 38.4. The van der Waals surface area contributed by atoms with Crippen LogP contribution in [-0.2, 0) is 38.5 Å². The molecular weight excluding hydrogens is 905 g/mol. The van der Waals surface area contributed by atoms with E-state index < -0.39 is 37.9 Å². The van der Waals surface area contributed by atoms with Crippen molar-refractivity contribution in [3.05, 3.63) is 97.4 Å². The van der Waals surface area contributed by atoms with Crippen molar-refractivity contribution in [2.75, 3.05) is 40.4 Å². The van der Waals surface area contributed by atoms with Crippen LogP contribution in [0.15, 0.2) is 86.2 Å². The summed E-state index contributed by atoms with van der Waals surface area (Å²) in [4.78, 5) is 13.5. The van der Waals surface area contributed by atoms with Gasteiger partial charge in [-0.2, -0.15) is 21.0 Å². The van der Waals surface area contributed by atoms with E-state index >= 15 is 0 Å². The van der Waals surface area contributed by atoms with Gasteiger partial charge in [0, 0.05) is 81.1 Å². The van der Waals surface area contributed by atoms with Gasteiger partial charge in [-0.3, -0.25) is 38.0 Å². The van der Waals surface area contributed by atoms with Crippen LogP contribution in [0.2, 0.25) is 0 Å². The summed E-state index contributed by atoms with van der Waals surface area (Å²) in [5.74, 6) is 3.26. The second-order valence-electron chi connectivity index (χ2n) is 15.4. The first kappa shape index (κ1) is 47.5. The van der Waals surface area contributed by atoms with Gasteiger partial charge in [-0.15, -0.1) is 13.2 Å². The predicted octanol–water partition coefficient (Wildman–Crippen LogP) is 7.11. The van der Waals surface area contributed by atoms with Gasteiger partial charge in [0.15, 0.2) is 0 Å². The molecule has 0 saturated carbocycles. The molecule has 6 aliphatic heterocycles. The average Bonchev–Trinajstić information content (AvgIpc) is 3.23. The van der Waals surface area contributed by atoms with Crippen LogP contribution in [0.4, 0.5) is 0 Å². The van der Waals surface area contributed by atoms with Crippen molar-refractivity contribution in [3.8, 4) is 11.5 Å². The number of nitrogens with zero attached hydrogens (tertiary/aromatic N) is 4. The molecule has 6 aliphatic rings. The lowest BCUT2D eigenvalue weighted by Crippen LogP contribution is -2.54. The Labute approximate surface area is 369 Å². The molecule has 2 unspecified atom stereocenters. The molecule has 4 aromatic rings. The van der Waals surface area contributed by atoms with Gasteiger partial charge >= 0.3 is 18.3 Å². The summed E-state index contributed by atoms with van der Waals surface area (Å²) in [6, 6.07) is 15.0. The van der Waals surface area contributed by atoms with Gasteiger partial charge in [0.05, 0.1) is 35.8 Å². The molecule has 2 aromatic carbocycles. The van der Waals surface area contributed by atoms with Crippen molar-refractivity contribution < 1.29 is 48.7 Å². The highest BCUT2D eigenvalue weighted by Gasteiger charge is 2.46. The molecule has 4 N–H and O–H groups in total. The Hall–Kier alpha value is -2.93. The molecule has 4 bridgehead atoms. The van der Waals surface area contributed by atoms with E-state index in [0.29, 0.717) is 56.8 Å². The number of pyridine rings is 2. The van der Waals surface area contributed by atoms with E-state index in [1.165, 1.54) is 0 Å². The van der Waals surface area contributed by atoms with Crippen LogP contribution in [0.25, 0.3) is 21.8 Å². The summed E-state index contributed by atoms with van der Waals surface area (Å²) in [7, 11) is -7.82. The third-order valence-corrected chi connectivity index (χ3v) is 16.8.